The number of alkyl halides is 2. The Morgan fingerprint density at radius 3 is 2.59 bits per heavy atom. The molecule has 5 N–H and O–H groups in total. The molecule has 0 radical (unpaired) electrons. The first-order valence-electron chi connectivity index (χ1n) is 11.0. The number of carbonyl (C=O) groups excluding carboxylic acids is 2. The maximum absolute atomic E-state index is 14.6. The average molecular weight is 498 g/mol. The highest BCUT2D eigenvalue weighted by molar-refractivity contribution is 7.11. The van der Waals surface area contributed by atoms with Crippen LogP contribution in [-0.4, -0.2) is 58.6 Å². The number of aliphatic hydroxyl groups is 1. The summed E-state index contributed by atoms with van der Waals surface area (Å²) in [4.78, 5) is 26.4. The van der Waals surface area contributed by atoms with E-state index < -0.39 is 41.2 Å². The first-order chi connectivity index (χ1) is 16.2. The lowest BCUT2D eigenvalue weighted by Crippen LogP contribution is -2.32. The third kappa shape index (κ3) is 7.08. The molecule has 1 fully saturated rings. The number of benzene rings is 1. The predicted molar refractivity (Wildman–Crippen MR) is 124 cm³/mol. The molecule has 1 aromatic carbocycles. The Labute approximate surface area is 200 Å². The number of aryl methyl sites for hydroxylation is 1. The minimum Gasteiger partial charge on any atom is -0.409 e. The van der Waals surface area contributed by atoms with Gasteiger partial charge in [-0.15, -0.1) is 0 Å². The van der Waals surface area contributed by atoms with Gasteiger partial charge in [-0.2, -0.15) is 13.2 Å². The van der Waals surface area contributed by atoms with E-state index in [4.69, 9.17) is 10.5 Å². The van der Waals surface area contributed by atoms with Crippen molar-refractivity contribution in [1.82, 2.24) is 14.6 Å². The Hall–Kier alpha value is -2.83. The number of nitrogens with two attached hydrogens (primary N) is 1. The van der Waals surface area contributed by atoms with Crippen LogP contribution in [-0.2, 0) is 6.11 Å². The molecule has 186 valence electrons. The fourth-order valence-corrected chi connectivity index (χ4v) is 4.28. The highest BCUT2D eigenvalue weighted by Gasteiger charge is 2.37. The number of amides is 3. The van der Waals surface area contributed by atoms with Crippen LogP contribution in [0.25, 0.3) is 0 Å². The first-order valence-corrected chi connectivity index (χ1v) is 11.8. The quantitative estimate of drug-likeness (QED) is 0.378. The molecule has 0 aliphatic carbocycles. The minimum absolute atomic E-state index is 0.116. The molecule has 1 atom stereocenters. The van der Waals surface area contributed by atoms with Gasteiger partial charge in [0.15, 0.2) is 0 Å². The molecule has 3 amide bonds. The number of hydrogen-bond acceptors (Lipinski definition) is 7. The standard InChI is InChI=1S/C22H29F2N5O4S/c1-14-4-6-15(7-5-14)22(23,24)33-19-17(18(25)31)20(34-28-19)27-21(32)26-10-8-16(30)9-13-29-11-2-3-12-29/h4-7,16,30H,2-3,8-13H2,1H3,(H2,25,31)(H2,26,27,32). The monoisotopic (exact) mass is 497 g/mol. The van der Waals surface area contributed by atoms with Gasteiger partial charge in [0.25, 0.3) is 5.91 Å². The van der Waals surface area contributed by atoms with Crippen molar-refractivity contribution in [3.05, 3.63) is 41.0 Å². The number of rotatable bonds is 11. The molecule has 3 rings (SSSR count). The predicted octanol–water partition coefficient (Wildman–Crippen LogP) is 3.04. The number of aliphatic hydroxyl groups excluding tert-OH is 1. The molecule has 34 heavy (non-hydrogen) atoms. The Morgan fingerprint density at radius 1 is 1.26 bits per heavy atom. The van der Waals surface area contributed by atoms with Crippen molar-refractivity contribution >= 4 is 28.5 Å². The van der Waals surface area contributed by atoms with E-state index in [0.29, 0.717) is 24.4 Å². The van der Waals surface area contributed by atoms with Gasteiger partial charge in [-0.1, -0.05) is 17.7 Å². The molecule has 1 aromatic heterocycles. The number of anilines is 1. The van der Waals surface area contributed by atoms with Crippen LogP contribution in [0, 0.1) is 6.92 Å². The summed E-state index contributed by atoms with van der Waals surface area (Å²) in [6, 6.07) is 4.73. The number of carbonyl (C=O) groups is 2. The maximum atomic E-state index is 14.6. The van der Waals surface area contributed by atoms with E-state index in [1.165, 1.54) is 37.1 Å². The summed E-state index contributed by atoms with van der Waals surface area (Å²) >= 11 is 0.597. The fourth-order valence-electron chi connectivity index (χ4n) is 3.56. The molecule has 1 aliphatic heterocycles. The van der Waals surface area contributed by atoms with Crippen molar-refractivity contribution in [2.24, 2.45) is 5.73 Å². The van der Waals surface area contributed by atoms with Crippen LogP contribution in [0.4, 0.5) is 18.6 Å². The highest BCUT2D eigenvalue weighted by atomic mass is 32.1. The molecule has 2 heterocycles. The molecule has 12 heteroatoms. The number of aromatic nitrogens is 1. The van der Waals surface area contributed by atoms with Crippen LogP contribution in [0.3, 0.4) is 0 Å². The van der Waals surface area contributed by atoms with Crippen LogP contribution in [0.15, 0.2) is 24.3 Å². The van der Waals surface area contributed by atoms with Crippen molar-refractivity contribution in [2.75, 3.05) is 31.5 Å². The number of likely N-dealkylation sites (tertiary alicyclic amines) is 1. The third-order valence-electron chi connectivity index (χ3n) is 5.49. The number of nitrogens with one attached hydrogen (secondary N) is 2. The third-order valence-corrected chi connectivity index (χ3v) is 6.23. The first kappa shape index (κ1) is 25.8. The van der Waals surface area contributed by atoms with E-state index in [1.807, 2.05) is 0 Å². The summed E-state index contributed by atoms with van der Waals surface area (Å²) < 4.78 is 37.6. The van der Waals surface area contributed by atoms with Crippen LogP contribution >= 0.6 is 11.5 Å². The zero-order valence-electron chi connectivity index (χ0n) is 18.9. The van der Waals surface area contributed by atoms with Gasteiger partial charge in [0.1, 0.15) is 10.6 Å². The summed E-state index contributed by atoms with van der Waals surface area (Å²) in [7, 11) is 0. The van der Waals surface area contributed by atoms with Crippen molar-refractivity contribution < 1.29 is 28.2 Å². The van der Waals surface area contributed by atoms with E-state index in [2.05, 4.69) is 19.9 Å². The van der Waals surface area contributed by atoms with E-state index in [1.54, 1.807) is 6.92 Å². The SMILES string of the molecule is Cc1ccc(C(F)(F)Oc2nsc(NC(=O)NCCC(O)CCN3CCCC3)c2C(N)=O)cc1. The molecule has 1 saturated heterocycles. The number of primary amides is 1. The van der Waals surface area contributed by atoms with Gasteiger partial charge in [0, 0.05) is 13.1 Å². The smallest absolute Gasteiger partial charge is 0.409 e. The van der Waals surface area contributed by atoms with Gasteiger partial charge < -0.3 is 25.8 Å². The molecule has 1 aliphatic rings. The van der Waals surface area contributed by atoms with E-state index in [9.17, 15) is 23.5 Å². The van der Waals surface area contributed by atoms with Crippen molar-refractivity contribution in [3.63, 3.8) is 0 Å². The topological polar surface area (TPSA) is 130 Å². The summed E-state index contributed by atoms with van der Waals surface area (Å²) in [5, 5.41) is 14.9. The molecular formula is C22H29F2N5O4S. The Kier molecular flexibility index (Phi) is 8.75. The number of hydrogen-bond donors (Lipinski definition) is 4. The summed E-state index contributed by atoms with van der Waals surface area (Å²) in [6.45, 7) is 4.85. The van der Waals surface area contributed by atoms with Gasteiger partial charge in [-0.25, -0.2) is 4.79 Å². The van der Waals surface area contributed by atoms with Crippen molar-refractivity contribution in [1.29, 1.82) is 0 Å². The summed E-state index contributed by atoms with van der Waals surface area (Å²) in [5.41, 5.74) is 5.26. The normalized spacial score (nSPS) is 15.2. The second kappa shape index (κ2) is 11.5. The van der Waals surface area contributed by atoms with Gasteiger partial charge in [0.2, 0.25) is 5.88 Å². The van der Waals surface area contributed by atoms with Crippen LogP contribution < -0.4 is 21.1 Å². The van der Waals surface area contributed by atoms with E-state index in [0.717, 1.165) is 25.2 Å². The number of ether oxygens (including phenoxy) is 1. The largest absolute Gasteiger partial charge is 0.427 e. The second-order valence-corrected chi connectivity index (χ2v) is 8.98. The van der Waals surface area contributed by atoms with Gasteiger partial charge in [-0.05, 0) is 69.4 Å². The minimum atomic E-state index is -3.77. The second-order valence-electron chi connectivity index (χ2n) is 8.20. The Morgan fingerprint density at radius 2 is 1.94 bits per heavy atom. The maximum Gasteiger partial charge on any atom is 0.427 e. The van der Waals surface area contributed by atoms with Crippen LogP contribution in [0.5, 0.6) is 5.88 Å². The number of halogens is 2. The lowest BCUT2D eigenvalue weighted by Gasteiger charge is -2.18. The molecule has 0 spiro atoms. The van der Waals surface area contributed by atoms with Crippen molar-refractivity contribution in [3.8, 4) is 5.88 Å². The Balaban J connectivity index is 1.53. The molecule has 9 nitrogen and oxygen atoms in total. The fraction of sp³-hybridized carbons (Fsp3) is 0.500. The van der Waals surface area contributed by atoms with E-state index in [-0.39, 0.29) is 11.5 Å². The lowest BCUT2D eigenvalue weighted by molar-refractivity contribution is -0.187. The summed E-state index contributed by atoms with van der Waals surface area (Å²) in [5.74, 6) is -1.74. The average Bonchev–Trinajstić information content (AvgIpc) is 3.42. The highest BCUT2D eigenvalue weighted by Crippen LogP contribution is 2.37. The lowest BCUT2D eigenvalue weighted by atomic mass is 10.1. The molecule has 1 unspecified atom stereocenters. The number of nitrogens with zero attached hydrogens (tertiary/aromatic N) is 2. The molecule has 0 saturated carbocycles. The van der Waals surface area contributed by atoms with Gasteiger partial charge in [0.05, 0.1) is 11.7 Å². The molecule has 0 bridgehead atoms. The zero-order valence-corrected chi connectivity index (χ0v) is 19.7. The van der Waals surface area contributed by atoms with Crippen LogP contribution in [0.1, 0.15) is 47.2 Å². The van der Waals surface area contributed by atoms with Gasteiger partial charge >= 0.3 is 12.1 Å². The van der Waals surface area contributed by atoms with E-state index >= 15 is 0 Å². The zero-order chi connectivity index (χ0) is 24.7. The number of urea groups is 1. The molecule has 2 aromatic rings. The Bertz CT molecular complexity index is 980. The van der Waals surface area contributed by atoms with Gasteiger partial charge in [-0.3, -0.25) is 10.1 Å². The van der Waals surface area contributed by atoms with Crippen molar-refractivity contribution in [2.45, 2.75) is 44.8 Å². The van der Waals surface area contributed by atoms with Crippen LogP contribution in [0.2, 0.25) is 0 Å². The molecular weight excluding hydrogens is 468 g/mol. The summed E-state index contributed by atoms with van der Waals surface area (Å²) in [6.07, 6.45) is -1.01.